The standard InChI is InChI=1S/C16H18N2O/c1-11(2)16-17-7-8-18(16)10-12-3-5-14-13(9-12)4-6-15(14)19/h3,5,7-9,11H,4,6,10H2,1-2H3. The van der Waals surface area contributed by atoms with E-state index in [-0.39, 0.29) is 5.78 Å². The van der Waals surface area contributed by atoms with Crippen molar-refractivity contribution in [1.29, 1.82) is 0 Å². The summed E-state index contributed by atoms with van der Waals surface area (Å²) in [7, 11) is 0. The molecule has 1 aliphatic rings. The van der Waals surface area contributed by atoms with Crippen LogP contribution >= 0.6 is 0 Å². The fraction of sp³-hybridized carbons (Fsp3) is 0.375. The van der Waals surface area contributed by atoms with Gasteiger partial charge in [-0.3, -0.25) is 4.79 Å². The van der Waals surface area contributed by atoms with E-state index in [1.807, 2.05) is 18.5 Å². The van der Waals surface area contributed by atoms with E-state index in [1.54, 1.807) is 0 Å². The van der Waals surface area contributed by atoms with Gasteiger partial charge in [0.05, 0.1) is 0 Å². The molecule has 1 aromatic carbocycles. The van der Waals surface area contributed by atoms with Crippen LogP contribution in [0, 0.1) is 0 Å². The predicted molar refractivity (Wildman–Crippen MR) is 74.5 cm³/mol. The average molecular weight is 254 g/mol. The highest BCUT2D eigenvalue weighted by Crippen LogP contribution is 2.24. The summed E-state index contributed by atoms with van der Waals surface area (Å²) in [6.45, 7) is 5.13. The van der Waals surface area contributed by atoms with Crippen LogP contribution in [0.15, 0.2) is 30.6 Å². The van der Waals surface area contributed by atoms with Gasteiger partial charge in [0.15, 0.2) is 5.78 Å². The van der Waals surface area contributed by atoms with Gasteiger partial charge in [-0.15, -0.1) is 0 Å². The van der Waals surface area contributed by atoms with Gasteiger partial charge in [-0.1, -0.05) is 32.0 Å². The second kappa shape index (κ2) is 4.65. The number of benzene rings is 1. The molecular formula is C16H18N2O. The molecule has 0 radical (unpaired) electrons. The maximum Gasteiger partial charge on any atom is 0.163 e. The van der Waals surface area contributed by atoms with Gasteiger partial charge in [0.25, 0.3) is 0 Å². The molecule has 2 aromatic rings. The SMILES string of the molecule is CC(C)c1nccn1Cc1ccc2c(c1)CCC2=O. The maximum absolute atomic E-state index is 11.6. The number of Topliss-reactive ketones (excluding diaryl/α,β-unsaturated/α-hetero) is 1. The molecule has 0 atom stereocenters. The average Bonchev–Trinajstić information content (AvgIpc) is 2.97. The molecule has 0 N–H and O–H groups in total. The number of aromatic nitrogens is 2. The van der Waals surface area contributed by atoms with Crippen molar-refractivity contribution in [1.82, 2.24) is 9.55 Å². The van der Waals surface area contributed by atoms with E-state index in [0.29, 0.717) is 12.3 Å². The third kappa shape index (κ3) is 2.21. The topological polar surface area (TPSA) is 34.9 Å². The highest BCUT2D eigenvalue weighted by atomic mass is 16.1. The van der Waals surface area contributed by atoms with Crippen molar-refractivity contribution in [3.63, 3.8) is 0 Å². The zero-order valence-corrected chi connectivity index (χ0v) is 11.4. The Kier molecular flexibility index (Phi) is 2.97. The Hall–Kier alpha value is -1.90. The monoisotopic (exact) mass is 254 g/mol. The summed E-state index contributed by atoms with van der Waals surface area (Å²) in [5.74, 6) is 1.81. The quantitative estimate of drug-likeness (QED) is 0.843. The highest BCUT2D eigenvalue weighted by Gasteiger charge is 2.19. The van der Waals surface area contributed by atoms with Crippen LogP contribution in [0.25, 0.3) is 0 Å². The van der Waals surface area contributed by atoms with Crippen molar-refractivity contribution in [2.24, 2.45) is 0 Å². The summed E-state index contributed by atoms with van der Waals surface area (Å²) >= 11 is 0. The van der Waals surface area contributed by atoms with E-state index in [1.165, 1.54) is 11.1 Å². The lowest BCUT2D eigenvalue weighted by Crippen LogP contribution is -2.06. The number of carbonyl (C=O) groups is 1. The van der Waals surface area contributed by atoms with E-state index < -0.39 is 0 Å². The van der Waals surface area contributed by atoms with Gasteiger partial charge in [-0.05, 0) is 17.5 Å². The summed E-state index contributed by atoms with van der Waals surface area (Å²) < 4.78 is 2.18. The van der Waals surface area contributed by atoms with E-state index >= 15 is 0 Å². The van der Waals surface area contributed by atoms with E-state index in [2.05, 4.69) is 35.5 Å². The van der Waals surface area contributed by atoms with Gasteiger partial charge < -0.3 is 4.57 Å². The maximum atomic E-state index is 11.6. The molecule has 1 aliphatic carbocycles. The fourth-order valence-corrected chi connectivity index (χ4v) is 2.76. The molecular weight excluding hydrogens is 236 g/mol. The first-order valence-electron chi connectivity index (χ1n) is 6.81. The van der Waals surface area contributed by atoms with Crippen molar-refractivity contribution in [2.45, 2.75) is 39.2 Å². The van der Waals surface area contributed by atoms with E-state index in [9.17, 15) is 4.79 Å². The third-order valence-corrected chi connectivity index (χ3v) is 3.71. The number of carbonyl (C=O) groups excluding carboxylic acids is 1. The number of fused-ring (bicyclic) bond motifs is 1. The lowest BCUT2D eigenvalue weighted by Gasteiger charge is -2.11. The van der Waals surface area contributed by atoms with Crippen LogP contribution in [0.3, 0.4) is 0 Å². The summed E-state index contributed by atoms with van der Waals surface area (Å²) in [6, 6.07) is 6.21. The lowest BCUT2D eigenvalue weighted by atomic mass is 10.1. The number of rotatable bonds is 3. The molecule has 1 heterocycles. The molecule has 1 aromatic heterocycles. The molecule has 0 spiro atoms. The second-order valence-corrected chi connectivity index (χ2v) is 5.48. The predicted octanol–water partition coefficient (Wildman–Crippen LogP) is 3.18. The van der Waals surface area contributed by atoms with Crippen LogP contribution in [0.4, 0.5) is 0 Å². The van der Waals surface area contributed by atoms with Crippen LogP contribution in [0.2, 0.25) is 0 Å². The molecule has 19 heavy (non-hydrogen) atoms. The third-order valence-electron chi connectivity index (χ3n) is 3.71. The molecule has 98 valence electrons. The molecule has 0 fully saturated rings. The van der Waals surface area contributed by atoms with E-state index in [4.69, 9.17) is 0 Å². The van der Waals surface area contributed by atoms with Crippen molar-refractivity contribution in [3.8, 4) is 0 Å². The first kappa shape index (κ1) is 12.2. The Labute approximate surface area is 113 Å². The largest absolute Gasteiger partial charge is 0.330 e. The number of hydrogen-bond acceptors (Lipinski definition) is 2. The summed E-state index contributed by atoms with van der Waals surface area (Å²) in [5.41, 5.74) is 3.36. The van der Waals surface area contributed by atoms with E-state index in [0.717, 1.165) is 24.4 Å². The normalized spacial score (nSPS) is 14.2. The van der Waals surface area contributed by atoms with Crippen LogP contribution < -0.4 is 0 Å². The number of ketones is 1. The first-order valence-corrected chi connectivity index (χ1v) is 6.81. The molecule has 0 saturated heterocycles. The Morgan fingerprint density at radius 1 is 1.32 bits per heavy atom. The number of aryl methyl sites for hydroxylation is 1. The first-order chi connectivity index (χ1) is 9.15. The minimum absolute atomic E-state index is 0.284. The van der Waals surface area contributed by atoms with Gasteiger partial charge >= 0.3 is 0 Å². The Morgan fingerprint density at radius 2 is 2.16 bits per heavy atom. The number of imidazole rings is 1. The Morgan fingerprint density at radius 3 is 2.95 bits per heavy atom. The molecule has 0 bridgehead atoms. The van der Waals surface area contributed by atoms with Gasteiger partial charge in [0, 0.05) is 36.8 Å². The summed E-state index contributed by atoms with van der Waals surface area (Å²) in [6.07, 6.45) is 5.43. The molecule has 0 unspecified atom stereocenters. The van der Waals surface area contributed by atoms with Gasteiger partial charge in [-0.25, -0.2) is 4.98 Å². The smallest absolute Gasteiger partial charge is 0.163 e. The second-order valence-electron chi connectivity index (χ2n) is 5.48. The van der Waals surface area contributed by atoms with Gasteiger partial charge in [-0.2, -0.15) is 0 Å². The number of nitrogens with zero attached hydrogens (tertiary/aromatic N) is 2. The molecule has 3 rings (SSSR count). The molecule has 3 nitrogen and oxygen atoms in total. The zero-order valence-electron chi connectivity index (χ0n) is 11.4. The van der Waals surface area contributed by atoms with Gasteiger partial charge in [0.1, 0.15) is 5.82 Å². The lowest BCUT2D eigenvalue weighted by molar-refractivity contribution is 0.0994. The molecule has 0 saturated carbocycles. The Balaban J connectivity index is 1.88. The van der Waals surface area contributed by atoms with Crippen molar-refractivity contribution < 1.29 is 4.79 Å². The van der Waals surface area contributed by atoms with Crippen molar-refractivity contribution in [2.75, 3.05) is 0 Å². The number of hydrogen-bond donors (Lipinski definition) is 0. The van der Waals surface area contributed by atoms with Crippen molar-refractivity contribution >= 4 is 5.78 Å². The van der Waals surface area contributed by atoms with Crippen LogP contribution in [-0.4, -0.2) is 15.3 Å². The molecule has 0 amide bonds. The minimum atomic E-state index is 0.284. The minimum Gasteiger partial charge on any atom is -0.330 e. The van der Waals surface area contributed by atoms with Crippen molar-refractivity contribution in [3.05, 3.63) is 53.1 Å². The van der Waals surface area contributed by atoms with Crippen LogP contribution in [0.5, 0.6) is 0 Å². The Bertz CT molecular complexity index is 625. The van der Waals surface area contributed by atoms with Gasteiger partial charge in [0.2, 0.25) is 0 Å². The zero-order chi connectivity index (χ0) is 13.4. The van der Waals surface area contributed by atoms with Crippen LogP contribution in [-0.2, 0) is 13.0 Å². The highest BCUT2D eigenvalue weighted by molar-refractivity contribution is 6.00. The van der Waals surface area contributed by atoms with Crippen LogP contribution in [0.1, 0.15) is 53.5 Å². The summed E-state index contributed by atoms with van der Waals surface area (Å²) in [5, 5.41) is 0. The molecule has 3 heteroatoms. The fourth-order valence-electron chi connectivity index (χ4n) is 2.76. The molecule has 0 aliphatic heterocycles. The summed E-state index contributed by atoms with van der Waals surface area (Å²) in [4.78, 5) is 16.0.